The number of benzene rings is 1. The second-order valence-corrected chi connectivity index (χ2v) is 5.96. The first-order valence-electron chi connectivity index (χ1n) is 6.82. The van der Waals surface area contributed by atoms with Gasteiger partial charge in [-0.3, -0.25) is 4.79 Å². The highest BCUT2D eigenvalue weighted by molar-refractivity contribution is 6.00. The number of nitrogens with two attached hydrogens (primary N) is 1. The molecule has 4 heteroatoms. The van der Waals surface area contributed by atoms with Gasteiger partial charge in [0.25, 0.3) is 5.91 Å². The van der Waals surface area contributed by atoms with Crippen molar-refractivity contribution in [1.82, 2.24) is 5.32 Å². The van der Waals surface area contributed by atoms with Gasteiger partial charge in [-0.15, -0.1) is 0 Å². The van der Waals surface area contributed by atoms with Gasteiger partial charge in [0.1, 0.15) is 0 Å². The molecule has 1 aromatic rings. The molecular formula is C15H23N3O. The van der Waals surface area contributed by atoms with E-state index in [9.17, 15) is 4.79 Å². The molecule has 1 fully saturated rings. The van der Waals surface area contributed by atoms with Crippen molar-refractivity contribution in [2.45, 2.75) is 39.2 Å². The second-order valence-electron chi connectivity index (χ2n) is 5.96. The molecule has 0 radical (unpaired) electrons. The number of hydrogen-bond donors (Lipinski definition) is 3. The number of anilines is 2. The molecule has 0 saturated heterocycles. The lowest BCUT2D eigenvalue weighted by Gasteiger charge is -2.29. The molecule has 4 nitrogen and oxygen atoms in total. The smallest absolute Gasteiger partial charge is 0.253 e. The Bertz CT molecular complexity index is 482. The van der Waals surface area contributed by atoms with Crippen molar-refractivity contribution < 1.29 is 4.79 Å². The van der Waals surface area contributed by atoms with Gasteiger partial charge in [0, 0.05) is 24.5 Å². The van der Waals surface area contributed by atoms with Crippen molar-refractivity contribution >= 4 is 17.3 Å². The number of hydrogen-bond acceptors (Lipinski definition) is 3. The maximum atomic E-state index is 11.9. The molecule has 1 atom stereocenters. The Balaban J connectivity index is 2.28. The molecule has 1 amide bonds. The van der Waals surface area contributed by atoms with Gasteiger partial charge >= 0.3 is 0 Å². The SMILES string of the molecule is CNC(=O)c1ccc(N)cc1NC1CCCC1(C)C. The number of nitrogens with one attached hydrogen (secondary N) is 2. The van der Waals surface area contributed by atoms with Crippen LogP contribution in [-0.4, -0.2) is 19.0 Å². The zero-order valence-electron chi connectivity index (χ0n) is 11.9. The molecule has 1 saturated carbocycles. The third-order valence-corrected chi connectivity index (χ3v) is 4.10. The topological polar surface area (TPSA) is 67.2 Å². The van der Waals surface area contributed by atoms with Crippen molar-refractivity contribution in [3.05, 3.63) is 23.8 Å². The predicted octanol–water partition coefficient (Wildman–Crippen LogP) is 2.62. The number of carbonyl (C=O) groups excluding carboxylic acids is 1. The summed E-state index contributed by atoms with van der Waals surface area (Å²) in [6.07, 6.45) is 3.57. The maximum Gasteiger partial charge on any atom is 0.253 e. The Morgan fingerprint density at radius 2 is 2.16 bits per heavy atom. The fraction of sp³-hybridized carbons (Fsp3) is 0.533. The Hall–Kier alpha value is -1.71. The standard InChI is InChI=1S/C15H23N3O/c1-15(2)8-4-5-13(15)18-12-9-10(16)6-7-11(12)14(19)17-3/h6-7,9,13,18H,4-5,8,16H2,1-3H3,(H,17,19). The van der Waals surface area contributed by atoms with E-state index in [1.54, 1.807) is 19.2 Å². The van der Waals surface area contributed by atoms with E-state index in [2.05, 4.69) is 24.5 Å². The summed E-state index contributed by atoms with van der Waals surface area (Å²) in [5.74, 6) is -0.0849. The molecule has 0 spiro atoms. The van der Waals surface area contributed by atoms with Gasteiger partial charge in [0.15, 0.2) is 0 Å². The minimum Gasteiger partial charge on any atom is -0.399 e. The molecule has 1 aliphatic rings. The third kappa shape index (κ3) is 2.83. The molecule has 0 bridgehead atoms. The van der Waals surface area contributed by atoms with E-state index in [0.717, 1.165) is 12.1 Å². The Morgan fingerprint density at radius 1 is 1.42 bits per heavy atom. The van der Waals surface area contributed by atoms with E-state index in [0.29, 0.717) is 17.3 Å². The van der Waals surface area contributed by atoms with Crippen LogP contribution in [0.1, 0.15) is 43.5 Å². The van der Waals surface area contributed by atoms with E-state index in [-0.39, 0.29) is 11.3 Å². The molecule has 0 aliphatic heterocycles. The van der Waals surface area contributed by atoms with Gasteiger partial charge in [-0.05, 0) is 36.5 Å². The molecule has 0 heterocycles. The van der Waals surface area contributed by atoms with E-state index < -0.39 is 0 Å². The van der Waals surface area contributed by atoms with Crippen molar-refractivity contribution in [2.24, 2.45) is 5.41 Å². The van der Waals surface area contributed by atoms with Gasteiger partial charge in [0.2, 0.25) is 0 Å². The molecule has 1 aromatic carbocycles. The molecular weight excluding hydrogens is 238 g/mol. The minimum atomic E-state index is -0.0849. The summed E-state index contributed by atoms with van der Waals surface area (Å²) in [6.45, 7) is 4.53. The van der Waals surface area contributed by atoms with Crippen molar-refractivity contribution in [1.29, 1.82) is 0 Å². The van der Waals surface area contributed by atoms with E-state index in [4.69, 9.17) is 5.73 Å². The average molecular weight is 261 g/mol. The zero-order chi connectivity index (χ0) is 14.0. The summed E-state index contributed by atoms with van der Waals surface area (Å²) in [6, 6.07) is 5.77. The quantitative estimate of drug-likeness (QED) is 0.733. The molecule has 104 valence electrons. The van der Waals surface area contributed by atoms with E-state index in [1.807, 2.05) is 6.07 Å². The van der Waals surface area contributed by atoms with Crippen LogP contribution in [0.4, 0.5) is 11.4 Å². The summed E-state index contributed by atoms with van der Waals surface area (Å²) < 4.78 is 0. The Kier molecular flexibility index (Phi) is 3.69. The molecule has 0 aromatic heterocycles. The lowest BCUT2D eigenvalue weighted by Crippen LogP contribution is -2.32. The van der Waals surface area contributed by atoms with E-state index in [1.165, 1.54) is 12.8 Å². The summed E-state index contributed by atoms with van der Waals surface area (Å²) in [5.41, 5.74) is 8.25. The lowest BCUT2D eigenvalue weighted by atomic mass is 9.87. The van der Waals surface area contributed by atoms with E-state index >= 15 is 0 Å². The van der Waals surface area contributed by atoms with Crippen molar-refractivity contribution in [3.8, 4) is 0 Å². The molecule has 4 N–H and O–H groups in total. The molecule has 1 aliphatic carbocycles. The van der Waals surface area contributed by atoms with Crippen LogP contribution in [0.2, 0.25) is 0 Å². The summed E-state index contributed by atoms with van der Waals surface area (Å²) >= 11 is 0. The normalized spacial score (nSPS) is 21.1. The first kappa shape index (κ1) is 13.7. The highest BCUT2D eigenvalue weighted by atomic mass is 16.1. The highest BCUT2D eigenvalue weighted by Crippen LogP contribution is 2.39. The van der Waals surface area contributed by atoms with Gasteiger partial charge in [-0.25, -0.2) is 0 Å². The highest BCUT2D eigenvalue weighted by Gasteiger charge is 2.34. The maximum absolute atomic E-state index is 11.9. The Labute approximate surface area is 114 Å². The first-order chi connectivity index (χ1) is 8.94. The largest absolute Gasteiger partial charge is 0.399 e. The van der Waals surface area contributed by atoms with Crippen LogP contribution in [0, 0.1) is 5.41 Å². The number of nitrogen functional groups attached to an aromatic ring is 1. The molecule has 2 rings (SSSR count). The monoisotopic (exact) mass is 261 g/mol. The number of amides is 1. The lowest BCUT2D eigenvalue weighted by molar-refractivity contribution is 0.0964. The van der Waals surface area contributed by atoms with Crippen LogP contribution in [0.5, 0.6) is 0 Å². The predicted molar refractivity (Wildman–Crippen MR) is 79.3 cm³/mol. The van der Waals surface area contributed by atoms with Crippen LogP contribution >= 0.6 is 0 Å². The second kappa shape index (κ2) is 5.11. The summed E-state index contributed by atoms with van der Waals surface area (Å²) in [5, 5.41) is 6.18. The minimum absolute atomic E-state index is 0.0849. The molecule has 1 unspecified atom stereocenters. The number of rotatable bonds is 3. The van der Waals surface area contributed by atoms with Gasteiger partial charge in [0.05, 0.1) is 5.56 Å². The summed E-state index contributed by atoms with van der Waals surface area (Å²) in [4.78, 5) is 11.9. The van der Waals surface area contributed by atoms with Gasteiger partial charge in [-0.2, -0.15) is 0 Å². The fourth-order valence-electron chi connectivity index (χ4n) is 2.80. The Morgan fingerprint density at radius 3 is 2.74 bits per heavy atom. The van der Waals surface area contributed by atoms with Crippen LogP contribution < -0.4 is 16.4 Å². The van der Waals surface area contributed by atoms with Crippen LogP contribution in [0.3, 0.4) is 0 Å². The van der Waals surface area contributed by atoms with Gasteiger partial charge < -0.3 is 16.4 Å². The third-order valence-electron chi connectivity index (χ3n) is 4.10. The molecule has 19 heavy (non-hydrogen) atoms. The number of carbonyl (C=O) groups is 1. The zero-order valence-corrected chi connectivity index (χ0v) is 11.9. The average Bonchev–Trinajstić information content (AvgIpc) is 2.68. The van der Waals surface area contributed by atoms with Gasteiger partial charge in [-0.1, -0.05) is 20.3 Å². The van der Waals surface area contributed by atoms with Crippen LogP contribution in [0.25, 0.3) is 0 Å². The van der Waals surface area contributed by atoms with Crippen molar-refractivity contribution in [3.63, 3.8) is 0 Å². The van der Waals surface area contributed by atoms with Crippen molar-refractivity contribution in [2.75, 3.05) is 18.1 Å². The van der Waals surface area contributed by atoms with Crippen LogP contribution in [0.15, 0.2) is 18.2 Å². The fourth-order valence-corrected chi connectivity index (χ4v) is 2.80. The first-order valence-corrected chi connectivity index (χ1v) is 6.82. The summed E-state index contributed by atoms with van der Waals surface area (Å²) in [7, 11) is 1.64. The van der Waals surface area contributed by atoms with Crippen LogP contribution in [-0.2, 0) is 0 Å².